The number of aromatic nitrogens is 2. The minimum Gasteiger partial charge on any atom is -0.493 e. The molecule has 0 atom stereocenters. The number of oxazole rings is 1. The van der Waals surface area contributed by atoms with Crippen LogP contribution in [0.1, 0.15) is 10.4 Å². The number of nitrogens with zero attached hydrogens (tertiary/aromatic N) is 1. The van der Waals surface area contributed by atoms with Crippen LogP contribution >= 0.6 is 11.3 Å². The molecule has 2 aromatic carbocycles. The van der Waals surface area contributed by atoms with Crippen molar-refractivity contribution in [1.82, 2.24) is 9.97 Å². The molecule has 30 heavy (non-hydrogen) atoms. The summed E-state index contributed by atoms with van der Waals surface area (Å²) in [5.41, 5.74) is 2.82. The highest BCUT2D eigenvalue weighted by Crippen LogP contribution is 2.38. The molecule has 0 fully saturated rings. The summed E-state index contributed by atoms with van der Waals surface area (Å²) in [7, 11) is 4.46. The van der Waals surface area contributed by atoms with E-state index in [1.54, 1.807) is 30.3 Å². The Bertz CT molecular complexity index is 1260. The van der Waals surface area contributed by atoms with E-state index in [1.165, 1.54) is 32.7 Å². The van der Waals surface area contributed by atoms with Gasteiger partial charge in [0, 0.05) is 16.5 Å². The third-order valence-corrected chi connectivity index (χ3v) is 5.12. The minimum absolute atomic E-state index is 0.332. The number of methoxy groups -OCH3 is 3. The van der Waals surface area contributed by atoms with E-state index in [2.05, 4.69) is 15.3 Å². The standard InChI is InChI=1S/C20H17N3O6S/c1-26-15-7-11(8-16(27-2)17(15)28-3)18(24)23-19-21-13(9-30-19)10-4-5-14-12(6-10)22-20(25)29-14/h4-9H,1-3H3,(H,22,25)(H,21,23,24). The summed E-state index contributed by atoms with van der Waals surface area (Å²) in [6.07, 6.45) is 0. The van der Waals surface area contributed by atoms with Gasteiger partial charge in [-0.3, -0.25) is 15.1 Å². The fourth-order valence-corrected chi connectivity index (χ4v) is 3.67. The molecule has 1 amide bonds. The first kappa shape index (κ1) is 19.5. The van der Waals surface area contributed by atoms with Crippen molar-refractivity contribution in [2.24, 2.45) is 0 Å². The zero-order valence-electron chi connectivity index (χ0n) is 16.3. The number of carbonyl (C=O) groups is 1. The van der Waals surface area contributed by atoms with Gasteiger partial charge >= 0.3 is 5.76 Å². The molecule has 0 bridgehead atoms. The molecule has 2 aromatic heterocycles. The summed E-state index contributed by atoms with van der Waals surface area (Å²) in [4.78, 5) is 31.1. The number of H-pyrrole nitrogens is 1. The summed E-state index contributed by atoms with van der Waals surface area (Å²) in [5, 5.41) is 5.00. The van der Waals surface area contributed by atoms with Gasteiger partial charge in [0.05, 0.1) is 32.5 Å². The first-order valence-corrected chi connectivity index (χ1v) is 9.60. The van der Waals surface area contributed by atoms with Gasteiger partial charge in [0.25, 0.3) is 5.91 Å². The van der Waals surface area contributed by atoms with Crippen LogP contribution in [0, 0.1) is 0 Å². The molecular weight excluding hydrogens is 410 g/mol. The number of ether oxygens (including phenoxy) is 3. The molecule has 4 rings (SSSR count). The smallest absolute Gasteiger partial charge is 0.417 e. The SMILES string of the molecule is COc1cc(C(=O)Nc2nc(-c3ccc4oc(=O)[nH]c4c3)cs2)cc(OC)c1OC. The molecule has 10 heteroatoms. The van der Waals surface area contributed by atoms with Crippen LogP contribution in [0.2, 0.25) is 0 Å². The van der Waals surface area contributed by atoms with E-state index in [4.69, 9.17) is 18.6 Å². The third kappa shape index (κ3) is 3.60. The Balaban J connectivity index is 1.58. The average Bonchev–Trinajstić information content (AvgIpc) is 3.37. The molecule has 2 heterocycles. The van der Waals surface area contributed by atoms with Crippen LogP contribution in [0.3, 0.4) is 0 Å². The van der Waals surface area contributed by atoms with Crippen molar-refractivity contribution in [1.29, 1.82) is 0 Å². The normalized spacial score (nSPS) is 10.8. The highest BCUT2D eigenvalue weighted by Gasteiger charge is 2.18. The second kappa shape index (κ2) is 7.91. The minimum atomic E-state index is -0.515. The maximum Gasteiger partial charge on any atom is 0.417 e. The van der Waals surface area contributed by atoms with E-state index in [0.717, 1.165) is 5.56 Å². The van der Waals surface area contributed by atoms with Crippen LogP contribution in [0.15, 0.2) is 44.9 Å². The number of rotatable bonds is 6. The largest absolute Gasteiger partial charge is 0.493 e. The Kier molecular flexibility index (Phi) is 5.15. The van der Waals surface area contributed by atoms with Crippen molar-refractivity contribution in [3.05, 3.63) is 51.8 Å². The Labute approximate surface area is 174 Å². The highest BCUT2D eigenvalue weighted by molar-refractivity contribution is 7.14. The first-order chi connectivity index (χ1) is 14.5. The average molecular weight is 427 g/mol. The van der Waals surface area contributed by atoms with E-state index in [1.807, 2.05) is 5.38 Å². The Hall–Kier alpha value is -3.79. The number of hydrogen-bond donors (Lipinski definition) is 2. The van der Waals surface area contributed by atoms with Gasteiger partial charge in [-0.15, -0.1) is 11.3 Å². The molecule has 0 radical (unpaired) electrons. The lowest BCUT2D eigenvalue weighted by Gasteiger charge is -2.13. The van der Waals surface area contributed by atoms with Crippen molar-refractivity contribution < 1.29 is 23.4 Å². The number of anilines is 1. The van der Waals surface area contributed by atoms with Gasteiger partial charge in [0.2, 0.25) is 5.75 Å². The lowest BCUT2D eigenvalue weighted by molar-refractivity contribution is 0.102. The Morgan fingerprint density at radius 3 is 2.50 bits per heavy atom. The monoisotopic (exact) mass is 427 g/mol. The molecule has 0 unspecified atom stereocenters. The van der Waals surface area contributed by atoms with Gasteiger partial charge in [0.15, 0.2) is 22.2 Å². The highest BCUT2D eigenvalue weighted by atomic mass is 32.1. The van der Waals surface area contributed by atoms with Crippen molar-refractivity contribution >= 4 is 33.5 Å². The fourth-order valence-electron chi connectivity index (χ4n) is 2.96. The number of amides is 1. The second-order valence-corrected chi connectivity index (χ2v) is 6.99. The number of thiazole rings is 1. The van der Waals surface area contributed by atoms with Crippen LogP contribution < -0.4 is 25.3 Å². The van der Waals surface area contributed by atoms with Crippen LogP contribution in [0.5, 0.6) is 17.2 Å². The van der Waals surface area contributed by atoms with Crippen LogP contribution in [-0.2, 0) is 0 Å². The van der Waals surface area contributed by atoms with Gasteiger partial charge in [-0.2, -0.15) is 0 Å². The quantitative estimate of drug-likeness (QED) is 0.484. The summed E-state index contributed by atoms with van der Waals surface area (Å²) >= 11 is 1.28. The van der Waals surface area contributed by atoms with Gasteiger partial charge < -0.3 is 18.6 Å². The maximum absolute atomic E-state index is 12.7. The number of benzene rings is 2. The predicted octanol–water partition coefficient (Wildman–Crippen LogP) is 3.52. The van der Waals surface area contributed by atoms with Crippen molar-refractivity contribution in [2.45, 2.75) is 0 Å². The van der Waals surface area contributed by atoms with E-state index < -0.39 is 5.76 Å². The zero-order chi connectivity index (χ0) is 21.3. The first-order valence-electron chi connectivity index (χ1n) is 8.72. The second-order valence-electron chi connectivity index (χ2n) is 6.13. The van der Waals surface area contributed by atoms with Gasteiger partial charge in [0.1, 0.15) is 0 Å². The fraction of sp³-hybridized carbons (Fsp3) is 0.150. The van der Waals surface area contributed by atoms with Crippen LogP contribution in [0.25, 0.3) is 22.4 Å². The number of aromatic amines is 1. The van der Waals surface area contributed by atoms with Crippen molar-refractivity contribution in [3.63, 3.8) is 0 Å². The number of fused-ring (bicyclic) bond motifs is 1. The van der Waals surface area contributed by atoms with E-state index in [9.17, 15) is 9.59 Å². The third-order valence-electron chi connectivity index (χ3n) is 4.37. The molecule has 0 saturated carbocycles. The predicted molar refractivity (Wildman–Crippen MR) is 112 cm³/mol. The van der Waals surface area contributed by atoms with E-state index >= 15 is 0 Å². The number of hydrogen-bond acceptors (Lipinski definition) is 8. The van der Waals surface area contributed by atoms with Crippen LogP contribution in [-0.4, -0.2) is 37.2 Å². The van der Waals surface area contributed by atoms with E-state index in [0.29, 0.717) is 44.7 Å². The Morgan fingerprint density at radius 1 is 1.10 bits per heavy atom. The molecule has 2 N–H and O–H groups in total. The molecule has 0 saturated heterocycles. The van der Waals surface area contributed by atoms with Crippen molar-refractivity contribution in [3.8, 4) is 28.5 Å². The van der Waals surface area contributed by atoms with Gasteiger partial charge in [-0.05, 0) is 30.3 Å². The topological polar surface area (TPSA) is 116 Å². The molecule has 4 aromatic rings. The molecule has 9 nitrogen and oxygen atoms in total. The lowest BCUT2D eigenvalue weighted by Crippen LogP contribution is -2.12. The summed E-state index contributed by atoms with van der Waals surface area (Å²) in [6.45, 7) is 0. The summed E-state index contributed by atoms with van der Waals surface area (Å²) in [5.74, 6) is 0.276. The maximum atomic E-state index is 12.7. The van der Waals surface area contributed by atoms with Gasteiger partial charge in [-0.25, -0.2) is 9.78 Å². The molecule has 0 aliphatic rings. The summed E-state index contributed by atoms with van der Waals surface area (Å²) < 4.78 is 20.9. The van der Waals surface area contributed by atoms with Gasteiger partial charge in [-0.1, -0.05) is 0 Å². The van der Waals surface area contributed by atoms with E-state index in [-0.39, 0.29) is 5.91 Å². The molecular formula is C20H17N3O6S. The summed E-state index contributed by atoms with van der Waals surface area (Å²) in [6, 6.07) is 8.37. The van der Waals surface area contributed by atoms with Crippen molar-refractivity contribution in [2.75, 3.05) is 26.6 Å². The number of carbonyl (C=O) groups excluding carboxylic acids is 1. The van der Waals surface area contributed by atoms with Crippen LogP contribution in [0.4, 0.5) is 5.13 Å². The lowest BCUT2D eigenvalue weighted by atomic mass is 10.1. The molecule has 154 valence electrons. The Morgan fingerprint density at radius 2 is 1.83 bits per heavy atom. The molecule has 0 aliphatic carbocycles. The molecule has 0 spiro atoms. The molecule has 0 aliphatic heterocycles. The number of nitrogens with one attached hydrogen (secondary N) is 2. The zero-order valence-corrected chi connectivity index (χ0v) is 17.1.